The van der Waals surface area contributed by atoms with Crippen LogP contribution in [0.15, 0.2) is 48.7 Å². The molecule has 2 aromatic heterocycles. The molecule has 0 bridgehead atoms. The third-order valence-electron chi connectivity index (χ3n) is 4.78. The van der Waals surface area contributed by atoms with Crippen molar-refractivity contribution in [3.8, 4) is 5.75 Å². The van der Waals surface area contributed by atoms with Crippen molar-refractivity contribution in [2.45, 2.75) is 13.5 Å². The zero-order valence-electron chi connectivity index (χ0n) is 16.6. The molecule has 0 saturated carbocycles. The first-order valence-corrected chi connectivity index (χ1v) is 9.35. The lowest BCUT2D eigenvalue weighted by Crippen LogP contribution is -2.17. The largest absolute Gasteiger partial charge is 0.485 e. The number of hydrogen-bond donors (Lipinski definition) is 2. The summed E-state index contributed by atoms with van der Waals surface area (Å²) in [6.07, 6.45) is 1.52. The molecule has 0 aliphatic carbocycles. The summed E-state index contributed by atoms with van der Waals surface area (Å²) in [5, 5.41) is 2.37. The van der Waals surface area contributed by atoms with Gasteiger partial charge in [-0.3, -0.25) is 9.20 Å². The number of aryl methyl sites for hydroxylation is 1. The van der Waals surface area contributed by atoms with E-state index in [4.69, 9.17) is 10.5 Å². The van der Waals surface area contributed by atoms with Crippen LogP contribution >= 0.6 is 0 Å². The van der Waals surface area contributed by atoms with E-state index in [1.54, 1.807) is 13.0 Å². The molecule has 0 unspecified atom stereocenters. The van der Waals surface area contributed by atoms with Crippen molar-refractivity contribution in [1.82, 2.24) is 9.38 Å². The summed E-state index contributed by atoms with van der Waals surface area (Å²) in [5.74, 6) is -3.96. The van der Waals surface area contributed by atoms with Gasteiger partial charge in [-0.15, -0.1) is 0 Å². The van der Waals surface area contributed by atoms with E-state index < -0.39 is 41.5 Å². The molecule has 6 nitrogen and oxygen atoms in total. The van der Waals surface area contributed by atoms with Gasteiger partial charge in [0.05, 0.1) is 22.6 Å². The van der Waals surface area contributed by atoms with Gasteiger partial charge in [0.2, 0.25) is 0 Å². The van der Waals surface area contributed by atoms with Crippen molar-refractivity contribution in [2.75, 3.05) is 11.1 Å². The number of benzene rings is 2. The van der Waals surface area contributed by atoms with Crippen molar-refractivity contribution in [3.05, 3.63) is 88.9 Å². The highest BCUT2D eigenvalue weighted by atomic mass is 19.1. The number of ether oxygens (including phenoxy) is 1. The monoisotopic (exact) mass is 444 g/mol. The predicted octanol–water partition coefficient (Wildman–Crippen LogP) is 4.61. The quantitative estimate of drug-likeness (QED) is 0.348. The second-order valence-electron chi connectivity index (χ2n) is 6.90. The molecule has 2 aromatic carbocycles. The number of pyridine rings is 1. The molecule has 164 valence electrons. The number of amides is 1. The van der Waals surface area contributed by atoms with Crippen LogP contribution < -0.4 is 15.8 Å². The number of halogens is 4. The minimum absolute atomic E-state index is 0.0617. The van der Waals surface area contributed by atoms with Crippen LogP contribution in [0.2, 0.25) is 0 Å². The first-order chi connectivity index (χ1) is 15.3. The fraction of sp³-hybridized carbons (Fsp3) is 0.0909. The second kappa shape index (κ2) is 8.22. The molecular formula is C22H16F4N4O2. The third-order valence-corrected chi connectivity index (χ3v) is 4.78. The van der Waals surface area contributed by atoms with Crippen LogP contribution in [0.3, 0.4) is 0 Å². The maximum atomic E-state index is 13.9. The van der Waals surface area contributed by atoms with E-state index in [2.05, 4.69) is 10.3 Å². The van der Waals surface area contributed by atoms with Gasteiger partial charge in [0.25, 0.3) is 5.91 Å². The van der Waals surface area contributed by atoms with E-state index in [0.717, 1.165) is 18.2 Å². The fourth-order valence-electron chi connectivity index (χ4n) is 3.23. The normalized spacial score (nSPS) is 11.0. The summed E-state index contributed by atoms with van der Waals surface area (Å²) in [7, 11) is 0. The standard InChI is InChI=1S/C22H16F4N4O2/c1-11-20(22(31)29-17-9-12(23)8-16(26)19(17)27)30-7-3-6-18(21(30)28-11)32-10-13-14(24)4-2-5-15(13)25/h2-9H,10,27H2,1H3,(H,29,31). The lowest BCUT2D eigenvalue weighted by atomic mass is 10.2. The Morgan fingerprint density at radius 3 is 2.53 bits per heavy atom. The van der Waals surface area contributed by atoms with Crippen LogP contribution in [-0.2, 0) is 6.61 Å². The van der Waals surface area contributed by atoms with Gasteiger partial charge in [0.1, 0.15) is 29.8 Å². The summed E-state index contributed by atoms with van der Waals surface area (Å²) in [6.45, 7) is 1.16. The van der Waals surface area contributed by atoms with E-state index >= 15 is 0 Å². The molecule has 3 N–H and O–H groups in total. The topological polar surface area (TPSA) is 81.7 Å². The number of nitrogen functional groups attached to an aromatic ring is 1. The van der Waals surface area contributed by atoms with Gasteiger partial charge in [0.15, 0.2) is 17.2 Å². The molecule has 0 aliphatic rings. The minimum Gasteiger partial charge on any atom is -0.485 e. The molecule has 32 heavy (non-hydrogen) atoms. The van der Waals surface area contributed by atoms with Crippen molar-refractivity contribution < 1.29 is 27.1 Å². The maximum absolute atomic E-state index is 13.9. The molecule has 0 spiro atoms. The number of nitrogens with zero attached hydrogens (tertiary/aromatic N) is 2. The van der Waals surface area contributed by atoms with Gasteiger partial charge < -0.3 is 15.8 Å². The Bertz CT molecular complexity index is 1330. The number of fused-ring (bicyclic) bond motifs is 1. The molecule has 0 radical (unpaired) electrons. The van der Waals surface area contributed by atoms with Gasteiger partial charge >= 0.3 is 0 Å². The van der Waals surface area contributed by atoms with Crippen LogP contribution in [0.1, 0.15) is 21.7 Å². The molecule has 4 rings (SSSR count). The SMILES string of the molecule is Cc1nc2c(OCc3c(F)cccc3F)cccn2c1C(=O)Nc1cc(F)cc(F)c1N. The highest BCUT2D eigenvalue weighted by Crippen LogP contribution is 2.27. The maximum Gasteiger partial charge on any atom is 0.274 e. The Balaban J connectivity index is 1.66. The molecule has 0 aliphatic heterocycles. The number of carbonyl (C=O) groups is 1. The number of nitrogens with one attached hydrogen (secondary N) is 1. The lowest BCUT2D eigenvalue weighted by molar-refractivity contribution is 0.102. The number of anilines is 2. The molecule has 4 aromatic rings. The third kappa shape index (κ3) is 3.82. The van der Waals surface area contributed by atoms with Crippen LogP contribution in [0.4, 0.5) is 28.9 Å². The Kier molecular flexibility index (Phi) is 5.43. The summed E-state index contributed by atoms with van der Waals surface area (Å²) >= 11 is 0. The Labute approximate surface area is 179 Å². The van der Waals surface area contributed by atoms with Crippen molar-refractivity contribution in [3.63, 3.8) is 0 Å². The summed E-state index contributed by atoms with van der Waals surface area (Å²) in [6, 6.07) is 8.06. The van der Waals surface area contributed by atoms with Crippen molar-refractivity contribution in [1.29, 1.82) is 0 Å². The first kappa shape index (κ1) is 21.2. The summed E-state index contributed by atoms with van der Waals surface area (Å²) in [5.41, 5.74) is 5.25. The number of carbonyl (C=O) groups excluding carboxylic acids is 1. The van der Waals surface area contributed by atoms with Crippen LogP contribution in [0.25, 0.3) is 5.65 Å². The average molecular weight is 444 g/mol. The van der Waals surface area contributed by atoms with Crippen LogP contribution in [0.5, 0.6) is 5.75 Å². The second-order valence-corrected chi connectivity index (χ2v) is 6.90. The number of nitrogens with two attached hydrogens (primary N) is 1. The van der Waals surface area contributed by atoms with E-state index in [1.165, 1.54) is 22.7 Å². The highest BCUT2D eigenvalue weighted by Gasteiger charge is 2.21. The molecule has 10 heteroatoms. The van der Waals surface area contributed by atoms with Gasteiger partial charge in [-0.05, 0) is 37.3 Å². The van der Waals surface area contributed by atoms with E-state index in [1.807, 2.05) is 0 Å². The van der Waals surface area contributed by atoms with Crippen molar-refractivity contribution in [2.24, 2.45) is 0 Å². The molecular weight excluding hydrogens is 428 g/mol. The molecule has 0 saturated heterocycles. The highest BCUT2D eigenvalue weighted by molar-refractivity contribution is 6.06. The van der Waals surface area contributed by atoms with Gasteiger partial charge in [-0.2, -0.15) is 0 Å². The molecule has 0 fully saturated rings. The Hall–Kier alpha value is -4.08. The van der Waals surface area contributed by atoms with E-state index in [0.29, 0.717) is 6.07 Å². The molecule has 0 atom stereocenters. The summed E-state index contributed by atoms with van der Waals surface area (Å²) in [4.78, 5) is 17.2. The van der Waals surface area contributed by atoms with Gasteiger partial charge in [-0.25, -0.2) is 22.5 Å². The minimum atomic E-state index is -1.01. The summed E-state index contributed by atoms with van der Waals surface area (Å²) < 4.78 is 62.0. The zero-order chi connectivity index (χ0) is 23.0. The first-order valence-electron chi connectivity index (χ1n) is 9.35. The number of hydrogen-bond acceptors (Lipinski definition) is 4. The lowest BCUT2D eigenvalue weighted by Gasteiger charge is -2.11. The average Bonchev–Trinajstić information content (AvgIpc) is 3.08. The van der Waals surface area contributed by atoms with Crippen LogP contribution in [0, 0.1) is 30.2 Å². The molecule has 2 heterocycles. The number of imidazole rings is 1. The number of aromatic nitrogens is 2. The predicted molar refractivity (Wildman–Crippen MR) is 109 cm³/mol. The Morgan fingerprint density at radius 1 is 1.09 bits per heavy atom. The van der Waals surface area contributed by atoms with Gasteiger partial charge in [-0.1, -0.05) is 6.07 Å². The smallest absolute Gasteiger partial charge is 0.274 e. The number of rotatable bonds is 5. The Morgan fingerprint density at radius 2 is 1.81 bits per heavy atom. The van der Waals surface area contributed by atoms with Gasteiger partial charge in [0, 0.05) is 12.3 Å². The molecule has 1 amide bonds. The zero-order valence-corrected chi connectivity index (χ0v) is 16.6. The fourth-order valence-corrected chi connectivity index (χ4v) is 3.23. The van der Waals surface area contributed by atoms with E-state index in [9.17, 15) is 22.4 Å². The van der Waals surface area contributed by atoms with Crippen LogP contribution in [-0.4, -0.2) is 15.3 Å². The van der Waals surface area contributed by atoms with E-state index in [-0.39, 0.29) is 34.0 Å². The van der Waals surface area contributed by atoms with Crippen molar-refractivity contribution >= 4 is 22.9 Å².